The average Bonchev–Trinajstić information content (AvgIpc) is 2.73. The highest BCUT2D eigenvalue weighted by Crippen LogP contribution is 2.39. The highest BCUT2D eigenvalue weighted by Gasteiger charge is 2.32. The highest BCUT2D eigenvalue weighted by atomic mass is 19.4. The van der Waals surface area contributed by atoms with Crippen LogP contribution >= 0.6 is 0 Å². The lowest BCUT2D eigenvalue weighted by molar-refractivity contribution is -0.138. The summed E-state index contributed by atoms with van der Waals surface area (Å²) in [6, 6.07) is 4.16. The zero-order valence-corrected chi connectivity index (χ0v) is 17.0. The molecule has 0 saturated carbocycles. The minimum Gasteiger partial charge on any atom is -0.434 e. The summed E-state index contributed by atoms with van der Waals surface area (Å²) in [5.74, 6) is -0.155. The molecule has 1 aliphatic rings. The minimum atomic E-state index is -4.71. The largest absolute Gasteiger partial charge is 0.434 e. The number of benzene rings is 1. The van der Waals surface area contributed by atoms with Crippen LogP contribution in [0.2, 0.25) is 0 Å². The Kier molecular flexibility index (Phi) is 6.09. The van der Waals surface area contributed by atoms with Crippen molar-refractivity contribution in [3.8, 4) is 17.0 Å². The molecule has 0 spiro atoms. The molecule has 3 heterocycles. The molecular weight excluding hydrogens is 433 g/mol. The molecule has 1 atom stereocenters. The van der Waals surface area contributed by atoms with Gasteiger partial charge in [0.25, 0.3) is 0 Å². The van der Waals surface area contributed by atoms with Crippen LogP contribution in [-0.2, 0) is 6.18 Å². The quantitative estimate of drug-likeness (QED) is 0.559. The summed E-state index contributed by atoms with van der Waals surface area (Å²) in [6.45, 7) is -1.48. The number of pyridine rings is 1. The van der Waals surface area contributed by atoms with Gasteiger partial charge in [0, 0.05) is 41.3 Å². The van der Waals surface area contributed by atoms with E-state index >= 15 is 0 Å². The maximum atomic E-state index is 13.1. The molecule has 1 N–H and O–H groups in total. The number of aromatic nitrogens is 3. The molecule has 32 heavy (non-hydrogen) atoms. The third kappa shape index (κ3) is 4.72. The van der Waals surface area contributed by atoms with Crippen LogP contribution in [0.15, 0.2) is 36.7 Å². The second-order valence-electron chi connectivity index (χ2n) is 7.65. The van der Waals surface area contributed by atoms with Crippen LogP contribution in [0.4, 0.5) is 27.8 Å². The van der Waals surface area contributed by atoms with Crippen LogP contribution < -0.4 is 10.1 Å². The smallest absolute Gasteiger partial charge is 0.416 e. The molecule has 4 rings (SSSR count). The maximum absolute atomic E-state index is 13.1. The second-order valence-corrected chi connectivity index (χ2v) is 7.65. The molecular formula is C21H20F5N5O. The number of piperidine rings is 1. The number of likely N-dealkylation sites (N-methyl/N-ethyl adjacent to an activating group) is 1. The van der Waals surface area contributed by atoms with E-state index in [9.17, 15) is 22.0 Å². The summed E-state index contributed by atoms with van der Waals surface area (Å²) in [4.78, 5) is 6.31. The molecule has 6 nitrogen and oxygen atoms in total. The first kappa shape index (κ1) is 22.1. The number of alkyl halides is 5. The van der Waals surface area contributed by atoms with Gasteiger partial charge in [-0.1, -0.05) is 0 Å². The number of nitrogens with one attached hydrogen (secondary N) is 1. The van der Waals surface area contributed by atoms with Crippen LogP contribution in [0.25, 0.3) is 22.0 Å². The molecule has 170 valence electrons. The fraction of sp³-hybridized carbons (Fsp3) is 0.381. The molecule has 3 aromatic rings. The van der Waals surface area contributed by atoms with Gasteiger partial charge in [0.15, 0.2) is 5.82 Å². The van der Waals surface area contributed by atoms with Crippen molar-refractivity contribution in [2.24, 2.45) is 0 Å². The van der Waals surface area contributed by atoms with E-state index in [-0.39, 0.29) is 17.3 Å². The number of nitrogens with zero attached hydrogens (tertiary/aromatic N) is 4. The number of fused-ring (bicyclic) bond motifs is 1. The zero-order chi connectivity index (χ0) is 22.9. The number of hydrogen-bond acceptors (Lipinski definition) is 6. The molecule has 1 aromatic carbocycles. The van der Waals surface area contributed by atoms with E-state index in [1.807, 2.05) is 7.05 Å². The molecule has 0 radical (unpaired) electrons. The summed E-state index contributed by atoms with van der Waals surface area (Å²) in [5.41, 5.74) is -1.00. The predicted octanol–water partition coefficient (Wildman–Crippen LogP) is 4.82. The summed E-state index contributed by atoms with van der Waals surface area (Å²) in [6.07, 6.45) is 0.303. The van der Waals surface area contributed by atoms with Gasteiger partial charge in [-0.15, -0.1) is 10.2 Å². The van der Waals surface area contributed by atoms with E-state index in [1.165, 1.54) is 6.20 Å². The maximum Gasteiger partial charge on any atom is 0.416 e. The van der Waals surface area contributed by atoms with Crippen LogP contribution in [0.3, 0.4) is 0 Å². The normalized spacial score (nSPS) is 17.7. The van der Waals surface area contributed by atoms with Crippen molar-refractivity contribution in [2.75, 3.05) is 25.5 Å². The molecule has 2 aromatic heterocycles. The Morgan fingerprint density at radius 1 is 1.16 bits per heavy atom. The third-order valence-corrected chi connectivity index (χ3v) is 5.33. The SMILES string of the molecule is CN1CCC[C@@H](Nc2nnc(-c3ccc(C(F)(F)F)cc3OC(F)F)c3ccncc23)C1. The van der Waals surface area contributed by atoms with Gasteiger partial charge in [-0.2, -0.15) is 22.0 Å². The molecule has 1 aliphatic heterocycles. The van der Waals surface area contributed by atoms with Crippen LogP contribution in [-0.4, -0.2) is 52.9 Å². The summed E-state index contributed by atoms with van der Waals surface area (Å²) in [7, 11) is 2.03. The van der Waals surface area contributed by atoms with Crippen LogP contribution in [0, 0.1) is 0 Å². The van der Waals surface area contributed by atoms with Gasteiger partial charge in [0.05, 0.1) is 5.56 Å². The topological polar surface area (TPSA) is 63.2 Å². The highest BCUT2D eigenvalue weighted by molar-refractivity contribution is 6.00. The van der Waals surface area contributed by atoms with Gasteiger partial charge >= 0.3 is 12.8 Å². The van der Waals surface area contributed by atoms with Gasteiger partial charge in [0.2, 0.25) is 0 Å². The molecule has 0 amide bonds. The molecule has 1 fully saturated rings. The Labute approximate surface area is 180 Å². The van der Waals surface area contributed by atoms with E-state index in [2.05, 4.69) is 30.1 Å². The molecule has 11 heteroatoms. The van der Waals surface area contributed by atoms with E-state index in [0.717, 1.165) is 38.1 Å². The van der Waals surface area contributed by atoms with Gasteiger partial charge in [-0.3, -0.25) is 4.98 Å². The number of ether oxygens (including phenoxy) is 1. The fourth-order valence-electron chi connectivity index (χ4n) is 3.87. The van der Waals surface area contributed by atoms with Crippen LogP contribution in [0.1, 0.15) is 18.4 Å². The van der Waals surface area contributed by atoms with Crippen molar-refractivity contribution in [1.82, 2.24) is 20.1 Å². The second kappa shape index (κ2) is 8.81. The number of halogens is 5. The Balaban J connectivity index is 1.78. The lowest BCUT2D eigenvalue weighted by atomic mass is 10.0. The first-order valence-corrected chi connectivity index (χ1v) is 9.94. The van der Waals surface area contributed by atoms with Gasteiger partial charge in [0.1, 0.15) is 11.4 Å². The Morgan fingerprint density at radius 2 is 1.97 bits per heavy atom. The molecule has 0 aliphatic carbocycles. The number of anilines is 1. The van der Waals surface area contributed by atoms with Crippen molar-refractivity contribution < 1.29 is 26.7 Å². The minimum absolute atomic E-state index is 0.0223. The third-order valence-electron chi connectivity index (χ3n) is 5.33. The van der Waals surface area contributed by atoms with Crippen molar-refractivity contribution in [3.63, 3.8) is 0 Å². The van der Waals surface area contributed by atoms with E-state index in [1.54, 1.807) is 12.3 Å². The van der Waals surface area contributed by atoms with Gasteiger partial charge in [-0.05, 0) is 50.7 Å². The Morgan fingerprint density at radius 3 is 2.69 bits per heavy atom. The van der Waals surface area contributed by atoms with Gasteiger partial charge in [-0.25, -0.2) is 0 Å². The van der Waals surface area contributed by atoms with E-state index in [4.69, 9.17) is 0 Å². The van der Waals surface area contributed by atoms with E-state index < -0.39 is 24.1 Å². The number of hydrogen-bond donors (Lipinski definition) is 1. The predicted molar refractivity (Wildman–Crippen MR) is 109 cm³/mol. The monoisotopic (exact) mass is 453 g/mol. The summed E-state index contributed by atoms with van der Waals surface area (Å²) >= 11 is 0. The lowest BCUT2D eigenvalue weighted by Crippen LogP contribution is -2.40. The summed E-state index contributed by atoms with van der Waals surface area (Å²) < 4.78 is 69.6. The first-order chi connectivity index (χ1) is 15.2. The zero-order valence-electron chi connectivity index (χ0n) is 17.0. The van der Waals surface area contributed by atoms with Crippen molar-refractivity contribution in [3.05, 3.63) is 42.2 Å². The molecule has 1 saturated heterocycles. The van der Waals surface area contributed by atoms with Crippen LogP contribution in [0.5, 0.6) is 5.75 Å². The lowest BCUT2D eigenvalue weighted by Gasteiger charge is -2.30. The van der Waals surface area contributed by atoms with E-state index in [0.29, 0.717) is 22.7 Å². The Bertz CT molecular complexity index is 1110. The Hall–Kier alpha value is -3.08. The number of rotatable bonds is 5. The first-order valence-electron chi connectivity index (χ1n) is 9.94. The van der Waals surface area contributed by atoms with Crippen molar-refractivity contribution >= 4 is 16.6 Å². The standard InChI is InChI=1S/C21H20F5N5O/c1-31-8-2-3-13(11-31)28-19-16-10-27-7-6-14(16)18(29-30-19)15-5-4-12(21(24,25)26)9-17(15)32-20(22)23/h4-7,9-10,13,20H,2-3,8,11H2,1H3,(H,28,30)/t13-/m1/s1. The average molecular weight is 453 g/mol. The summed E-state index contributed by atoms with van der Waals surface area (Å²) in [5, 5.41) is 12.8. The van der Waals surface area contributed by atoms with Gasteiger partial charge < -0.3 is 15.0 Å². The fourth-order valence-corrected chi connectivity index (χ4v) is 3.87. The van der Waals surface area contributed by atoms with Crippen molar-refractivity contribution in [2.45, 2.75) is 31.7 Å². The number of likely N-dealkylation sites (tertiary alicyclic amines) is 1. The molecule has 0 bridgehead atoms. The molecule has 0 unspecified atom stereocenters. The van der Waals surface area contributed by atoms with Crippen molar-refractivity contribution in [1.29, 1.82) is 0 Å².